The molecule has 1 aromatic rings. The predicted octanol–water partition coefficient (Wildman–Crippen LogP) is 2.58. The fraction of sp³-hybridized carbons (Fsp3) is 0.308. The molecule has 0 unspecified atom stereocenters. The van der Waals surface area contributed by atoms with E-state index in [0.717, 1.165) is 5.57 Å². The van der Waals surface area contributed by atoms with Gasteiger partial charge in [0, 0.05) is 6.92 Å². The van der Waals surface area contributed by atoms with Crippen LogP contribution in [-0.4, -0.2) is 19.7 Å². The number of carbonyl (C=O) groups excluding carboxylic acids is 1. The minimum absolute atomic E-state index is 0.295. The highest BCUT2D eigenvalue weighted by Gasteiger charge is 2.13. The monoisotopic (exact) mass is 236 g/mol. The molecule has 0 heterocycles. The van der Waals surface area contributed by atoms with Crippen molar-refractivity contribution in [3.63, 3.8) is 0 Å². The van der Waals surface area contributed by atoms with Crippen LogP contribution in [0.1, 0.15) is 13.8 Å². The summed E-state index contributed by atoms with van der Waals surface area (Å²) < 4.78 is 15.7. The molecule has 4 nitrogen and oxygen atoms in total. The van der Waals surface area contributed by atoms with Crippen LogP contribution in [0.3, 0.4) is 0 Å². The Morgan fingerprint density at radius 3 is 2.47 bits per heavy atom. The molecule has 1 rings (SSSR count). The summed E-state index contributed by atoms with van der Waals surface area (Å²) in [5, 5.41) is 0. The molecule has 0 atom stereocenters. The molecular formula is C13H16O4. The van der Waals surface area contributed by atoms with Crippen molar-refractivity contribution in [3.05, 3.63) is 30.4 Å². The Morgan fingerprint density at radius 2 is 1.94 bits per heavy atom. The average Bonchev–Trinajstić information content (AvgIpc) is 2.26. The SMILES string of the molecule is C=C(C)COc1cccc(OC)c1OC(C)=O. The third-order valence-corrected chi connectivity index (χ3v) is 1.88. The Bertz CT molecular complexity index is 423. The zero-order valence-corrected chi connectivity index (χ0v) is 10.3. The Kier molecular flexibility index (Phi) is 4.57. The summed E-state index contributed by atoms with van der Waals surface area (Å²) in [4.78, 5) is 11.0. The number of rotatable bonds is 5. The first-order valence-corrected chi connectivity index (χ1v) is 5.17. The van der Waals surface area contributed by atoms with Gasteiger partial charge in [0.15, 0.2) is 11.5 Å². The summed E-state index contributed by atoms with van der Waals surface area (Å²) in [6, 6.07) is 5.18. The zero-order chi connectivity index (χ0) is 12.8. The maximum absolute atomic E-state index is 11.0. The molecule has 0 fully saturated rings. The highest BCUT2D eigenvalue weighted by Crippen LogP contribution is 2.37. The first-order chi connectivity index (χ1) is 8.04. The van der Waals surface area contributed by atoms with Crippen LogP contribution < -0.4 is 14.2 Å². The third kappa shape index (κ3) is 3.83. The number of hydrogen-bond donors (Lipinski definition) is 0. The molecule has 0 aliphatic rings. The van der Waals surface area contributed by atoms with Crippen molar-refractivity contribution in [3.8, 4) is 17.2 Å². The summed E-state index contributed by atoms with van der Waals surface area (Å²) >= 11 is 0. The average molecular weight is 236 g/mol. The minimum Gasteiger partial charge on any atom is -0.493 e. The summed E-state index contributed by atoms with van der Waals surface area (Å²) in [5.74, 6) is 0.792. The molecule has 92 valence electrons. The van der Waals surface area contributed by atoms with E-state index in [1.54, 1.807) is 18.2 Å². The Hall–Kier alpha value is -1.97. The van der Waals surface area contributed by atoms with Gasteiger partial charge in [-0.2, -0.15) is 0 Å². The quantitative estimate of drug-likeness (QED) is 0.448. The summed E-state index contributed by atoms with van der Waals surface area (Å²) in [5.41, 5.74) is 0.876. The Labute approximate surface area is 101 Å². The molecule has 0 N–H and O–H groups in total. The minimum atomic E-state index is -0.422. The molecule has 0 aliphatic heterocycles. The molecule has 17 heavy (non-hydrogen) atoms. The summed E-state index contributed by atoms with van der Waals surface area (Å²) in [7, 11) is 1.50. The second-order valence-electron chi connectivity index (χ2n) is 3.63. The Morgan fingerprint density at radius 1 is 1.29 bits per heavy atom. The van der Waals surface area contributed by atoms with E-state index in [4.69, 9.17) is 14.2 Å². The molecule has 0 bridgehead atoms. The molecule has 1 aromatic carbocycles. The molecule has 0 aliphatic carbocycles. The maximum atomic E-state index is 11.0. The summed E-state index contributed by atoms with van der Waals surface area (Å²) in [6.45, 7) is 7.28. The van der Waals surface area contributed by atoms with Crippen LogP contribution in [0, 0.1) is 0 Å². The zero-order valence-electron chi connectivity index (χ0n) is 10.3. The number of esters is 1. The number of ether oxygens (including phenoxy) is 3. The van der Waals surface area contributed by atoms with Crippen LogP contribution in [0.2, 0.25) is 0 Å². The number of para-hydroxylation sites is 1. The van der Waals surface area contributed by atoms with Gasteiger partial charge in [0.25, 0.3) is 0 Å². The smallest absolute Gasteiger partial charge is 0.308 e. The first-order valence-electron chi connectivity index (χ1n) is 5.17. The van der Waals surface area contributed by atoms with Gasteiger partial charge in [-0.3, -0.25) is 4.79 Å². The van der Waals surface area contributed by atoms with Crippen molar-refractivity contribution in [1.29, 1.82) is 0 Å². The third-order valence-electron chi connectivity index (χ3n) is 1.88. The van der Waals surface area contributed by atoms with Gasteiger partial charge in [-0.15, -0.1) is 0 Å². The molecule has 0 spiro atoms. The van der Waals surface area contributed by atoms with E-state index >= 15 is 0 Å². The second-order valence-corrected chi connectivity index (χ2v) is 3.63. The predicted molar refractivity (Wildman–Crippen MR) is 64.6 cm³/mol. The van der Waals surface area contributed by atoms with Crippen molar-refractivity contribution in [2.75, 3.05) is 13.7 Å². The Balaban J connectivity index is 3.00. The van der Waals surface area contributed by atoms with Crippen molar-refractivity contribution in [1.82, 2.24) is 0 Å². The van der Waals surface area contributed by atoms with Crippen LogP contribution >= 0.6 is 0 Å². The van der Waals surface area contributed by atoms with Crippen LogP contribution in [-0.2, 0) is 4.79 Å². The van der Waals surface area contributed by atoms with E-state index in [-0.39, 0.29) is 0 Å². The number of hydrogen-bond acceptors (Lipinski definition) is 4. The van der Waals surface area contributed by atoms with Gasteiger partial charge in [-0.05, 0) is 24.6 Å². The molecule has 0 radical (unpaired) electrons. The second kappa shape index (κ2) is 5.94. The van der Waals surface area contributed by atoms with E-state index in [2.05, 4.69) is 6.58 Å². The standard InChI is InChI=1S/C13H16O4/c1-9(2)8-16-12-7-5-6-11(15-4)13(12)17-10(3)14/h5-7H,1,8H2,2-4H3. The molecule has 0 saturated carbocycles. The maximum Gasteiger partial charge on any atom is 0.308 e. The number of methoxy groups -OCH3 is 1. The van der Waals surface area contributed by atoms with Gasteiger partial charge in [-0.1, -0.05) is 12.6 Å². The van der Waals surface area contributed by atoms with Crippen molar-refractivity contribution >= 4 is 5.97 Å². The van der Waals surface area contributed by atoms with E-state index in [0.29, 0.717) is 23.9 Å². The molecule has 0 amide bonds. The lowest BCUT2D eigenvalue weighted by Gasteiger charge is -2.13. The lowest BCUT2D eigenvalue weighted by Crippen LogP contribution is -2.06. The number of carbonyl (C=O) groups is 1. The van der Waals surface area contributed by atoms with Gasteiger partial charge >= 0.3 is 5.97 Å². The van der Waals surface area contributed by atoms with E-state index in [9.17, 15) is 4.79 Å². The highest BCUT2D eigenvalue weighted by molar-refractivity contribution is 5.72. The van der Waals surface area contributed by atoms with Crippen LogP contribution in [0.5, 0.6) is 17.2 Å². The largest absolute Gasteiger partial charge is 0.493 e. The van der Waals surface area contributed by atoms with Crippen molar-refractivity contribution in [2.24, 2.45) is 0 Å². The van der Waals surface area contributed by atoms with Crippen molar-refractivity contribution in [2.45, 2.75) is 13.8 Å². The fourth-order valence-electron chi connectivity index (χ4n) is 1.22. The number of benzene rings is 1. The normalized spacial score (nSPS) is 9.59. The molecular weight excluding hydrogens is 220 g/mol. The first kappa shape index (κ1) is 13.1. The highest BCUT2D eigenvalue weighted by atomic mass is 16.6. The molecule has 4 heteroatoms. The van der Waals surface area contributed by atoms with Crippen LogP contribution in [0.15, 0.2) is 30.4 Å². The molecule has 0 saturated heterocycles. The van der Waals surface area contributed by atoms with Gasteiger partial charge in [-0.25, -0.2) is 0 Å². The van der Waals surface area contributed by atoms with Crippen LogP contribution in [0.25, 0.3) is 0 Å². The van der Waals surface area contributed by atoms with Gasteiger partial charge in [0.1, 0.15) is 6.61 Å². The van der Waals surface area contributed by atoms with Gasteiger partial charge in [0.05, 0.1) is 7.11 Å². The molecule has 0 aromatic heterocycles. The van der Waals surface area contributed by atoms with Crippen LogP contribution in [0.4, 0.5) is 0 Å². The van der Waals surface area contributed by atoms with E-state index in [1.165, 1.54) is 14.0 Å². The lowest BCUT2D eigenvalue weighted by atomic mass is 10.3. The van der Waals surface area contributed by atoms with Crippen molar-refractivity contribution < 1.29 is 19.0 Å². The topological polar surface area (TPSA) is 44.8 Å². The van der Waals surface area contributed by atoms with E-state index < -0.39 is 5.97 Å². The summed E-state index contributed by atoms with van der Waals surface area (Å²) in [6.07, 6.45) is 0. The lowest BCUT2D eigenvalue weighted by molar-refractivity contribution is -0.132. The van der Waals surface area contributed by atoms with Gasteiger partial charge < -0.3 is 14.2 Å². The van der Waals surface area contributed by atoms with E-state index in [1.807, 2.05) is 6.92 Å². The fourth-order valence-corrected chi connectivity index (χ4v) is 1.22. The van der Waals surface area contributed by atoms with Gasteiger partial charge in [0.2, 0.25) is 5.75 Å².